The van der Waals surface area contributed by atoms with Crippen molar-refractivity contribution in [3.05, 3.63) is 0 Å². The molecule has 4 heteroatoms. The number of rotatable bonds is 0. The van der Waals surface area contributed by atoms with Gasteiger partial charge in [-0.2, -0.15) is 0 Å². The topological polar surface area (TPSA) is 0 Å². The minimum atomic E-state index is 0. The van der Waals surface area contributed by atoms with Crippen LogP contribution in [-0.2, 0) is 47.3 Å². The fourth-order valence-corrected chi connectivity index (χ4v) is 0. The Balaban J connectivity index is 0. The first-order chi connectivity index (χ1) is 0. The zero-order valence-electron chi connectivity index (χ0n) is 1.62. The van der Waals surface area contributed by atoms with Crippen LogP contribution in [0.3, 0.4) is 0 Å². The van der Waals surface area contributed by atoms with Gasteiger partial charge >= 0.3 is 50.1 Å². The van der Waals surface area contributed by atoms with Crippen molar-refractivity contribution in [2.24, 2.45) is 0 Å². The maximum Gasteiger partial charge on any atom is 0 e. The van der Waals surface area contributed by atoms with Gasteiger partial charge in [0.15, 0.2) is 0 Å². The summed E-state index contributed by atoms with van der Waals surface area (Å²) in [6.45, 7) is 0. The summed E-state index contributed by atoms with van der Waals surface area (Å²) in [6.07, 6.45) is 0. The van der Waals surface area contributed by atoms with E-state index >= 15 is 0 Å². The van der Waals surface area contributed by atoms with E-state index in [1.54, 1.807) is 0 Å². The Kier molecular flexibility index (Phi) is 109. The third kappa shape index (κ3) is 8.98. The van der Waals surface area contributed by atoms with E-state index in [1.807, 2.05) is 0 Å². The maximum absolute atomic E-state index is 0. The van der Waals surface area contributed by atoms with E-state index in [9.17, 15) is 0 Å². The molecule has 0 aliphatic carbocycles. The first-order valence-electron chi connectivity index (χ1n) is 0. The predicted octanol–water partition coefficient (Wildman–Crippen LogP) is -2.64. The van der Waals surface area contributed by atoms with Crippen LogP contribution in [0.5, 0.6) is 0 Å². The average Bonchev–Trinajstić information content (AvgIpc) is 0. The molecule has 0 N–H and O–H groups in total. The largest absolute Gasteiger partial charge is 0 e. The molecule has 0 aromatic rings. The smallest absolute Gasteiger partial charge is 0 e. The fourth-order valence-electron chi connectivity index (χ4n) is 0. The normalized spacial score (nSPS) is 0. The van der Waals surface area contributed by atoms with Gasteiger partial charge in [-0.15, -0.1) is 0 Å². The molecule has 0 rings (SSSR count). The Labute approximate surface area is 95.3 Å². The third-order valence-electron chi connectivity index (χ3n) is 0. The Hall–Kier alpha value is 3.25. The molecular weight excluding hydrogens is 515 g/mol. The Bertz CT molecular complexity index is 8.00. The predicted molar refractivity (Wildman–Crippen MR) is 21.3 cm³/mol. The molecular formula is H7BiMoSnZr. The molecule has 0 aromatic carbocycles. The van der Waals surface area contributed by atoms with Gasteiger partial charge in [0, 0.05) is 47.3 Å². The molecule has 0 saturated carbocycles. The van der Waals surface area contributed by atoms with Crippen molar-refractivity contribution in [3.8, 4) is 0 Å². The van der Waals surface area contributed by atoms with Crippen molar-refractivity contribution in [1.82, 2.24) is 0 Å². The molecule has 0 unspecified atom stereocenters. The monoisotopic (exact) mass is 524 g/mol. The summed E-state index contributed by atoms with van der Waals surface area (Å²) in [5.41, 5.74) is 0. The van der Waals surface area contributed by atoms with Gasteiger partial charge in [0.25, 0.3) is 0 Å². The van der Waals surface area contributed by atoms with Crippen LogP contribution >= 0.6 is 0 Å². The van der Waals surface area contributed by atoms with E-state index in [4.69, 9.17) is 0 Å². The Morgan fingerprint density at radius 2 is 1.00 bits per heavy atom. The molecule has 0 amide bonds. The zero-order valence-corrected chi connectivity index (χ0v) is 11.6. The molecule has 0 heterocycles. The van der Waals surface area contributed by atoms with Crippen LogP contribution in [0.25, 0.3) is 0 Å². The van der Waals surface area contributed by atoms with Gasteiger partial charge in [0.1, 0.15) is 0 Å². The molecule has 0 aromatic heterocycles. The summed E-state index contributed by atoms with van der Waals surface area (Å²) in [7, 11) is 0. The third-order valence-corrected chi connectivity index (χ3v) is 0. The van der Waals surface area contributed by atoms with Gasteiger partial charge in [-0.1, -0.05) is 0 Å². The maximum atomic E-state index is 0. The number of hydrogen-bond acceptors (Lipinski definition) is 0. The molecule has 0 saturated heterocycles. The molecule has 0 atom stereocenters. The van der Waals surface area contributed by atoms with Crippen LogP contribution in [-0.4, -0.2) is 50.1 Å². The van der Waals surface area contributed by atoms with E-state index in [0.717, 1.165) is 0 Å². The molecule has 0 bridgehead atoms. The van der Waals surface area contributed by atoms with Gasteiger partial charge in [0.2, 0.25) is 0 Å². The summed E-state index contributed by atoms with van der Waals surface area (Å²) in [5.74, 6) is 0. The first-order valence-corrected chi connectivity index (χ1v) is 0. The Morgan fingerprint density at radius 1 is 1.00 bits per heavy atom. The van der Waals surface area contributed by atoms with E-state index in [1.165, 1.54) is 0 Å². The van der Waals surface area contributed by atoms with Gasteiger partial charge in [0.05, 0.1) is 0 Å². The average molecular weight is 522 g/mol. The van der Waals surface area contributed by atoms with Crippen molar-refractivity contribution < 1.29 is 47.3 Å². The molecule has 4 heavy (non-hydrogen) atoms. The molecule has 0 aliphatic rings. The molecule has 26 valence electrons. The molecule has 0 nitrogen and oxygen atoms in total. The zero-order chi connectivity index (χ0) is 0. The van der Waals surface area contributed by atoms with Crippen molar-refractivity contribution in [1.29, 1.82) is 0 Å². The van der Waals surface area contributed by atoms with Crippen LogP contribution in [0.1, 0.15) is 0 Å². The quantitative estimate of drug-likeness (QED) is 0.306. The minimum absolute atomic E-state index is 0. The van der Waals surface area contributed by atoms with Crippen molar-refractivity contribution in [3.63, 3.8) is 0 Å². The summed E-state index contributed by atoms with van der Waals surface area (Å²) < 4.78 is 0. The van der Waals surface area contributed by atoms with Crippen LogP contribution in [0.2, 0.25) is 0 Å². The second kappa shape index (κ2) is 16.3. The molecule has 0 fully saturated rings. The van der Waals surface area contributed by atoms with Crippen LogP contribution in [0.15, 0.2) is 0 Å². The van der Waals surface area contributed by atoms with Gasteiger partial charge in [-0.3, -0.25) is 0 Å². The van der Waals surface area contributed by atoms with Crippen molar-refractivity contribution >= 4 is 50.1 Å². The van der Waals surface area contributed by atoms with E-state index in [-0.39, 0.29) is 97.4 Å². The minimum Gasteiger partial charge on any atom is 0 e. The van der Waals surface area contributed by atoms with Crippen LogP contribution in [0.4, 0.5) is 0 Å². The second-order valence-corrected chi connectivity index (χ2v) is 0. The summed E-state index contributed by atoms with van der Waals surface area (Å²) >= 11 is 0. The van der Waals surface area contributed by atoms with E-state index in [2.05, 4.69) is 0 Å². The standard InChI is InChI=1S/Bi.Mo.Sn.Zr.7H. The molecule has 0 radical (unpaired) electrons. The van der Waals surface area contributed by atoms with Crippen LogP contribution < -0.4 is 0 Å². The summed E-state index contributed by atoms with van der Waals surface area (Å²) in [6, 6.07) is 0. The number of hydrogen-bond donors (Lipinski definition) is 0. The summed E-state index contributed by atoms with van der Waals surface area (Å²) in [4.78, 5) is 0. The second-order valence-electron chi connectivity index (χ2n) is 0. The fraction of sp³-hybridized carbons (Fsp3) is 0. The van der Waals surface area contributed by atoms with Crippen molar-refractivity contribution in [2.45, 2.75) is 0 Å². The molecule has 0 aliphatic heterocycles. The summed E-state index contributed by atoms with van der Waals surface area (Å²) in [5, 5.41) is 0. The van der Waals surface area contributed by atoms with E-state index in [0.29, 0.717) is 0 Å². The van der Waals surface area contributed by atoms with Gasteiger partial charge in [-0.25, -0.2) is 0 Å². The van der Waals surface area contributed by atoms with Crippen molar-refractivity contribution in [2.75, 3.05) is 0 Å². The van der Waals surface area contributed by atoms with Crippen LogP contribution in [0, 0.1) is 0 Å². The van der Waals surface area contributed by atoms with E-state index < -0.39 is 0 Å². The van der Waals surface area contributed by atoms with Gasteiger partial charge in [-0.05, 0) is 0 Å². The first kappa shape index (κ1) is 26.8. The SMILES string of the molecule is [BiH3].[Mo].[SnH4].[Zr]. The Morgan fingerprint density at radius 3 is 1.00 bits per heavy atom. The molecule has 0 spiro atoms. The van der Waals surface area contributed by atoms with Gasteiger partial charge < -0.3 is 0 Å².